The van der Waals surface area contributed by atoms with Gasteiger partial charge < -0.3 is 0 Å². The lowest BCUT2D eigenvalue weighted by molar-refractivity contribution is 0.305. The smallest absolute Gasteiger partial charge is 0.266 e. The molecule has 0 saturated carbocycles. The van der Waals surface area contributed by atoms with Crippen molar-refractivity contribution in [3.63, 3.8) is 0 Å². The molecule has 0 heterocycles. The van der Waals surface area contributed by atoms with E-state index in [9.17, 15) is 8.42 Å². The minimum Gasteiger partial charge on any atom is -0.266 e. The highest BCUT2D eigenvalue weighted by molar-refractivity contribution is 7.86. The number of hydrogen-bond donors (Lipinski definition) is 0. The van der Waals surface area contributed by atoms with Gasteiger partial charge >= 0.3 is 0 Å². The Morgan fingerprint density at radius 2 is 0.944 bits per heavy atom. The second kappa shape index (κ2) is 22.1. The Bertz CT molecular complexity index is 727. The van der Waals surface area contributed by atoms with E-state index < -0.39 is 10.1 Å². The molecule has 210 valence electrons. The lowest BCUT2D eigenvalue weighted by atomic mass is 10.0. The zero-order valence-corrected chi connectivity index (χ0v) is 24.9. The summed E-state index contributed by atoms with van der Waals surface area (Å²) in [5.74, 6) is 0.157. The molecule has 0 fully saturated rings. The van der Waals surface area contributed by atoms with Crippen molar-refractivity contribution in [2.75, 3.05) is 6.61 Å². The molecule has 4 heteroatoms. The van der Waals surface area contributed by atoms with E-state index in [1.165, 1.54) is 122 Å². The summed E-state index contributed by atoms with van der Waals surface area (Å²) in [7, 11) is -3.66. The van der Waals surface area contributed by atoms with Crippen molar-refractivity contribution >= 4 is 10.1 Å². The van der Waals surface area contributed by atoms with Crippen LogP contribution in [0.3, 0.4) is 0 Å². The molecule has 0 unspecified atom stereocenters. The number of rotatable bonds is 25. The fourth-order valence-electron chi connectivity index (χ4n) is 4.95. The maximum Gasteiger partial charge on any atom is 0.297 e. The van der Waals surface area contributed by atoms with Crippen molar-refractivity contribution in [1.29, 1.82) is 0 Å². The van der Waals surface area contributed by atoms with Gasteiger partial charge in [0, 0.05) is 0 Å². The van der Waals surface area contributed by atoms with Gasteiger partial charge in [0.25, 0.3) is 10.1 Å². The topological polar surface area (TPSA) is 43.4 Å². The van der Waals surface area contributed by atoms with E-state index in [0.717, 1.165) is 18.4 Å². The number of benzene rings is 1. The molecular weight excluding hydrogens is 464 g/mol. The van der Waals surface area contributed by atoms with Crippen LogP contribution in [-0.4, -0.2) is 15.0 Å². The van der Waals surface area contributed by atoms with Gasteiger partial charge in [-0.1, -0.05) is 167 Å². The fraction of sp³-hybridized carbons (Fsp3) is 0.812. The fourth-order valence-corrected chi connectivity index (χ4v) is 6.25. The average Bonchev–Trinajstić information content (AvgIpc) is 2.87. The summed E-state index contributed by atoms with van der Waals surface area (Å²) < 4.78 is 30.4. The van der Waals surface area contributed by atoms with Crippen LogP contribution in [0.25, 0.3) is 0 Å². The zero-order chi connectivity index (χ0) is 26.3. The van der Waals surface area contributed by atoms with Crippen LogP contribution >= 0.6 is 0 Å². The molecule has 1 aromatic rings. The van der Waals surface area contributed by atoms with E-state index in [1.807, 2.05) is 26.0 Å². The van der Waals surface area contributed by atoms with Crippen LogP contribution in [-0.2, 0) is 14.3 Å². The normalized spacial score (nSPS) is 12.0. The third kappa shape index (κ3) is 16.8. The molecule has 1 aromatic carbocycles. The van der Waals surface area contributed by atoms with E-state index in [-0.39, 0.29) is 12.5 Å². The third-order valence-corrected chi connectivity index (χ3v) is 8.68. The monoisotopic (exact) mass is 522 g/mol. The second-order valence-corrected chi connectivity index (χ2v) is 12.6. The first-order valence-corrected chi connectivity index (χ1v) is 16.9. The van der Waals surface area contributed by atoms with E-state index in [0.29, 0.717) is 4.90 Å². The van der Waals surface area contributed by atoms with Gasteiger partial charge in [-0.25, -0.2) is 0 Å². The van der Waals surface area contributed by atoms with Crippen LogP contribution in [0, 0.1) is 0 Å². The number of unbranched alkanes of at least 4 members (excludes halogenated alkanes) is 20. The second-order valence-electron chi connectivity index (χ2n) is 11.0. The van der Waals surface area contributed by atoms with Gasteiger partial charge in [-0.05, 0) is 24.0 Å². The van der Waals surface area contributed by atoms with Crippen molar-refractivity contribution in [2.45, 2.75) is 166 Å². The van der Waals surface area contributed by atoms with Crippen LogP contribution in [0.1, 0.15) is 167 Å². The molecule has 0 atom stereocenters. The van der Waals surface area contributed by atoms with Crippen molar-refractivity contribution in [3.05, 3.63) is 29.8 Å². The molecule has 36 heavy (non-hydrogen) atoms. The van der Waals surface area contributed by atoms with Crippen LogP contribution in [0.2, 0.25) is 0 Å². The summed E-state index contributed by atoms with van der Waals surface area (Å²) in [5.41, 5.74) is 0.830. The van der Waals surface area contributed by atoms with Crippen LogP contribution in [0.4, 0.5) is 0 Å². The van der Waals surface area contributed by atoms with Gasteiger partial charge in [0.05, 0.1) is 11.5 Å². The van der Waals surface area contributed by atoms with Crippen molar-refractivity contribution in [2.24, 2.45) is 0 Å². The standard InChI is InChI=1S/C32H58O3S/c1-4-5-6-7-8-9-10-11-12-13-14-15-16-17-18-19-20-21-22-23-26-29-35-36(33,34)32-28-25-24-27-31(32)30(2)3/h24-25,27-28,30H,4-23,26,29H2,1-3H3. The SMILES string of the molecule is CCCCCCCCCCCCCCCCCCCCCCCOS(=O)(=O)c1ccccc1C(C)C. The van der Waals surface area contributed by atoms with E-state index in [1.54, 1.807) is 12.1 Å². The highest BCUT2D eigenvalue weighted by atomic mass is 32.2. The molecule has 0 radical (unpaired) electrons. The van der Waals surface area contributed by atoms with Crippen molar-refractivity contribution in [3.8, 4) is 0 Å². The minimum absolute atomic E-state index is 0.157. The maximum absolute atomic E-state index is 12.5. The summed E-state index contributed by atoms with van der Waals surface area (Å²) in [6.45, 7) is 6.59. The minimum atomic E-state index is -3.66. The first-order valence-electron chi connectivity index (χ1n) is 15.5. The molecule has 0 aliphatic rings. The number of hydrogen-bond acceptors (Lipinski definition) is 3. The predicted octanol–water partition coefficient (Wildman–Crippen LogP) is 10.7. The lowest BCUT2D eigenvalue weighted by Gasteiger charge is -2.13. The molecule has 0 saturated heterocycles. The Labute approximate surface area is 225 Å². The molecule has 0 aliphatic carbocycles. The molecular formula is C32H58O3S. The molecule has 0 aliphatic heterocycles. The zero-order valence-electron chi connectivity index (χ0n) is 24.1. The molecule has 3 nitrogen and oxygen atoms in total. The van der Waals surface area contributed by atoms with Crippen LogP contribution in [0.5, 0.6) is 0 Å². The highest BCUT2D eigenvalue weighted by Crippen LogP contribution is 2.25. The highest BCUT2D eigenvalue weighted by Gasteiger charge is 2.20. The van der Waals surface area contributed by atoms with Gasteiger partial charge in [0.15, 0.2) is 0 Å². The molecule has 0 bridgehead atoms. The van der Waals surface area contributed by atoms with Crippen molar-refractivity contribution < 1.29 is 12.6 Å². The first kappa shape index (κ1) is 33.2. The summed E-state index contributed by atoms with van der Waals surface area (Å²) in [6, 6.07) is 7.18. The van der Waals surface area contributed by atoms with E-state index in [4.69, 9.17) is 4.18 Å². The van der Waals surface area contributed by atoms with Crippen LogP contribution in [0.15, 0.2) is 29.2 Å². The molecule has 0 amide bonds. The van der Waals surface area contributed by atoms with Crippen LogP contribution < -0.4 is 0 Å². The molecule has 0 aromatic heterocycles. The Morgan fingerprint density at radius 3 is 1.33 bits per heavy atom. The Balaban J connectivity index is 1.86. The van der Waals surface area contributed by atoms with Gasteiger partial charge in [0.1, 0.15) is 0 Å². The molecule has 1 rings (SSSR count). The van der Waals surface area contributed by atoms with Gasteiger partial charge in [-0.15, -0.1) is 0 Å². The average molecular weight is 523 g/mol. The maximum atomic E-state index is 12.5. The first-order chi connectivity index (χ1) is 17.5. The molecule has 0 spiro atoms. The predicted molar refractivity (Wildman–Crippen MR) is 156 cm³/mol. The third-order valence-electron chi connectivity index (χ3n) is 7.30. The Morgan fingerprint density at radius 1 is 0.583 bits per heavy atom. The van der Waals surface area contributed by atoms with Crippen molar-refractivity contribution in [1.82, 2.24) is 0 Å². The van der Waals surface area contributed by atoms with Gasteiger partial charge in [-0.2, -0.15) is 8.42 Å². The van der Waals surface area contributed by atoms with Gasteiger partial charge in [-0.3, -0.25) is 4.18 Å². The van der Waals surface area contributed by atoms with Gasteiger partial charge in [0.2, 0.25) is 0 Å². The Hall–Kier alpha value is -0.870. The lowest BCUT2D eigenvalue weighted by Crippen LogP contribution is -2.10. The Kier molecular flexibility index (Phi) is 20.4. The summed E-state index contributed by atoms with van der Waals surface area (Å²) in [5, 5.41) is 0. The molecule has 0 N–H and O–H groups in total. The summed E-state index contributed by atoms with van der Waals surface area (Å²) in [6.07, 6.45) is 28.3. The van der Waals surface area contributed by atoms with E-state index in [2.05, 4.69) is 6.92 Å². The quantitative estimate of drug-likeness (QED) is 0.0947. The summed E-state index contributed by atoms with van der Waals surface area (Å²) in [4.78, 5) is 0.323. The largest absolute Gasteiger partial charge is 0.297 e. The summed E-state index contributed by atoms with van der Waals surface area (Å²) >= 11 is 0. The van der Waals surface area contributed by atoms with E-state index >= 15 is 0 Å².